The zero-order chi connectivity index (χ0) is 15.5. The number of nitrogens with one attached hydrogen (secondary N) is 1. The van der Waals surface area contributed by atoms with E-state index in [1.807, 2.05) is 26.0 Å². The third kappa shape index (κ3) is 2.85. The number of aromatic nitrogens is 4. The van der Waals surface area contributed by atoms with Gasteiger partial charge in [-0.3, -0.25) is 9.78 Å². The van der Waals surface area contributed by atoms with Crippen molar-refractivity contribution < 1.29 is 4.79 Å². The third-order valence-electron chi connectivity index (χ3n) is 3.13. The lowest BCUT2D eigenvalue weighted by atomic mass is 10.3. The number of amides is 1. The molecule has 3 aromatic rings. The highest BCUT2D eigenvalue weighted by Gasteiger charge is 2.08. The number of nitrogens with zero attached hydrogens (tertiary/aromatic N) is 4. The second kappa shape index (κ2) is 5.77. The molecular formula is C16H15N5O. The number of carbonyl (C=O) groups is 1. The van der Waals surface area contributed by atoms with Gasteiger partial charge in [0.25, 0.3) is 5.91 Å². The smallest absolute Gasteiger partial charge is 0.274 e. The van der Waals surface area contributed by atoms with E-state index < -0.39 is 0 Å². The lowest BCUT2D eigenvalue weighted by molar-refractivity contribution is 0.102. The first-order chi connectivity index (χ1) is 10.6. The quantitative estimate of drug-likeness (QED) is 0.805. The van der Waals surface area contributed by atoms with Gasteiger partial charge in [0, 0.05) is 11.9 Å². The van der Waals surface area contributed by atoms with Gasteiger partial charge in [-0.2, -0.15) is 5.10 Å². The normalized spacial score (nSPS) is 10.5. The standard InChI is InChI=1S/C16H15N5O/c1-11-9-12(2)21(20-11)15-7-6-13(10-18-15)19-16(22)14-5-3-4-8-17-14/h3-10H,1-2H3,(H,19,22). The van der Waals surface area contributed by atoms with Crippen LogP contribution in [-0.2, 0) is 0 Å². The molecule has 0 bridgehead atoms. The molecule has 0 aromatic carbocycles. The Morgan fingerprint density at radius 3 is 2.59 bits per heavy atom. The van der Waals surface area contributed by atoms with Crippen LogP contribution in [0.25, 0.3) is 5.82 Å². The summed E-state index contributed by atoms with van der Waals surface area (Å²) in [7, 11) is 0. The summed E-state index contributed by atoms with van der Waals surface area (Å²) in [6.45, 7) is 3.91. The van der Waals surface area contributed by atoms with Gasteiger partial charge < -0.3 is 5.32 Å². The van der Waals surface area contributed by atoms with Crippen molar-refractivity contribution in [3.8, 4) is 5.82 Å². The van der Waals surface area contributed by atoms with Crippen molar-refractivity contribution in [2.45, 2.75) is 13.8 Å². The van der Waals surface area contributed by atoms with Gasteiger partial charge in [-0.15, -0.1) is 0 Å². The van der Waals surface area contributed by atoms with Crippen molar-refractivity contribution in [3.05, 3.63) is 65.9 Å². The third-order valence-corrected chi connectivity index (χ3v) is 3.13. The van der Waals surface area contributed by atoms with Crippen LogP contribution in [0.15, 0.2) is 48.8 Å². The van der Waals surface area contributed by atoms with E-state index in [4.69, 9.17) is 0 Å². The zero-order valence-corrected chi connectivity index (χ0v) is 12.3. The van der Waals surface area contributed by atoms with Crippen molar-refractivity contribution in [2.75, 3.05) is 5.32 Å². The van der Waals surface area contributed by atoms with Crippen molar-refractivity contribution >= 4 is 11.6 Å². The Bertz CT molecular complexity index is 793. The van der Waals surface area contributed by atoms with Gasteiger partial charge in [0.15, 0.2) is 5.82 Å². The summed E-state index contributed by atoms with van der Waals surface area (Å²) in [5, 5.41) is 7.14. The van der Waals surface area contributed by atoms with E-state index >= 15 is 0 Å². The lowest BCUT2D eigenvalue weighted by Gasteiger charge is -2.06. The Morgan fingerprint density at radius 1 is 1.14 bits per heavy atom. The van der Waals surface area contributed by atoms with Crippen LogP contribution >= 0.6 is 0 Å². The molecule has 0 atom stereocenters. The van der Waals surface area contributed by atoms with Gasteiger partial charge in [0.1, 0.15) is 5.69 Å². The average molecular weight is 293 g/mol. The Morgan fingerprint density at radius 2 is 2.00 bits per heavy atom. The van der Waals surface area contributed by atoms with Crippen molar-refractivity contribution in [1.82, 2.24) is 19.7 Å². The minimum absolute atomic E-state index is 0.263. The summed E-state index contributed by atoms with van der Waals surface area (Å²) in [5.74, 6) is 0.447. The van der Waals surface area contributed by atoms with E-state index in [9.17, 15) is 4.79 Å². The molecule has 1 amide bonds. The van der Waals surface area contributed by atoms with Crippen LogP contribution in [0.1, 0.15) is 21.9 Å². The molecule has 0 fully saturated rings. The maximum atomic E-state index is 12.0. The van der Waals surface area contributed by atoms with Gasteiger partial charge in [-0.05, 0) is 44.2 Å². The van der Waals surface area contributed by atoms with E-state index in [2.05, 4.69) is 20.4 Å². The summed E-state index contributed by atoms with van der Waals surface area (Å²) in [6.07, 6.45) is 3.19. The monoisotopic (exact) mass is 293 g/mol. The molecule has 1 N–H and O–H groups in total. The molecule has 0 aliphatic carbocycles. The van der Waals surface area contributed by atoms with Gasteiger partial charge in [-0.25, -0.2) is 9.67 Å². The molecule has 0 radical (unpaired) electrons. The average Bonchev–Trinajstić information content (AvgIpc) is 2.87. The number of aryl methyl sites for hydroxylation is 2. The molecule has 0 saturated carbocycles. The van der Waals surface area contributed by atoms with Crippen LogP contribution in [0.2, 0.25) is 0 Å². The fourth-order valence-electron chi connectivity index (χ4n) is 2.14. The minimum Gasteiger partial charge on any atom is -0.319 e. The molecule has 110 valence electrons. The van der Waals surface area contributed by atoms with Gasteiger partial charge in [0.2, 0.25) is 0 Å². The van der Waals surface area contributed by atoms with Crippen molar-refractivity contribution in [3.63, 3.8) is 0 Å². The van der Waals surface area contributed by atoms with E-state index in [0.717, 1.165) is 11.4 Å². The molecule has 3 aromatic heterocycles. The predicted octanol–water partition coefficient (Wildman–Crippen LogP) is 2.53. The Hall–Kier alpha value is -3.02. The molecule has 0 spiro atoms. The molecule has 3 heterocycles. The molecule has 0 aliphatic heterocycles. The summed E-state index contributed by atoms with van der Waals surface area (Å²) < 4.78 is 1.76. The predicted molar refractivity (Wildman–Crippen MR) is 83.0 cm³/mol. The van der Waals surface area contributed by atoms with E-state index in [-0.39, 0.29) is 5.91 Å². The van der Waals surface area contributed by atoms with E-state index in [1.165, 1.54) is 0 Å². The molecule has 6 nitrogen and oxygen atoms in total. The highest BCUT2D eigenvalue weighted by atomic mass is 16.1. The Kier molecular flexibility index (Phi) is 3.65. The molecule has 6 heteroatoms. The van der Waals surface area contributed by atoms with E-state index in [0.29, 0.717) is 17.2 Å². The molecule has 0 saturated heterocycles. The van der Waals surface area contributed by atoms with Crippen LogP contribution in [0.4, 0.5) is 5.69 Å². The molecule has 22 heavy (non-hydrogen) atoms. The lowest BCUT2D eigenvalue weighted by Crippen LogP contribution is -2.13. The molecule has 0 unspecified atom stereocenters. The minimum atomic E-state index is -0.263. The highest BCUT2D eigenvalue weighted by Crippen LogP contribution is 2.13. The summed E-state index contributed by atoms with van der Waals surface area (Å²) in [4.78, 5) is 20.4. The number of rotatable bonds is 3. The maximum Gasteiger partial charge on any atom is 0.274 e. The fraction of sp³-hybridized carbons (Fsp3) is 0.125. The second-order valence-corrected chi connectivity index (χ2v) is 4.91. The SMILES string of the molecule is Cc1cc(C)n(-c2ccc(NC(=O)c3ccccn3)cn2)n1. The topological polar surface area (TPSA) is 72.7 Å². The molecule has 3 rings (SSSR count). The van der Waals surface area contributed by atoms with Crippen LogP contribution in [-0.4, -0.2) is 25.7 Å². The maximum absolute atomic E-state index is 12.0. The van der Waals surface area contributed by atoms with E-state index in [1.54, 1.807) is 41.3 Å². The number of hydrogen-bond acceptors (Lipinski definition) is 4. The van der Waals surface area contributed by atoms with Crippen molar-refractivity contribution in [1.29, 1.82) is 0 Å². The number of anilines is 1. The Balaban J connectivity index is 1.77. The summed E-state index contributed by atoms with van der Waals surface area (Å²) in [6, 6.07) is 10.8. The first kappa shape index (κ1) is 13.9. The molecular weight excluding hydrogens is 278 g/mol. The van der Waals surface area contributed by atoms with Crippen LogP contribution in [0.5, 0.6) is 0 Å². The van der Waals surface area contributed by atoms with Crippen LogP contribution in [0, 0.1) is 13.8 Å². The second-order valence-electron chi connectivity index (χ2n) is 4.91. The van der Waals surface area contributed by atoms with Gasteiger partial charge >= 0.3 is 0 Å². The summed E-state index contributed by atoms with van der Waals surface area (Å²) >= 11 is 0. The van der Waals surface area contributed by atoms with Crippen molar-refractivity contribution in [2.24, 2.45) is 0 Å². The number of pyridine rings is 2. The van der Waals surface area contributed by atoms with Gasteiger partial charge in [0.05, 0.1) is 17.6 Å². The molecule has 0 aliphatic rings. The largest absolute Gasteiger partial charge is 0.319 e. The number of carbonyl (C=O) groups excluding carboxylic acids is 1. The number of hydrogen-bond donors (Lipinski definition) is 1. The van der Waals surface area contributed by atoms with Gasteiger partial charge in [-0.1, -0.05) is 6.07 Å². The highest BCUT2D eigenvalue weighted by molar-refractivity contribution is 6.02. The fourth-order valence-corrected chi connectivity index (χ4v) is 2.14. The zero-order valence-electron chi connectivity index (χ0n) is 12.3. The Labute approximate surface area is 127 Å². The van der Waals surface area contributed by atoms with Crippen LogP contribution in [0.3, 0.4) is 0 Å². The summed E-state index contributed by atoms with van der Waals surface area (Å²) in [5.41, 5.74) is 2.92. The first-order valence-electron chi connectivity index (χ1n) is 6.85. The van der Waals surface area contributed by atoms with Crippen LogP contribution < -0.4 is 5.32 Å². The first-order valence-corrected chi connectivity index (χ1v) is 6.85.